The summed E-state index contributed by atoms with van der Waals surface area (Å²) in [7, 11) is 0. The van der Waals surface area contributed by atoms with Gasteiger partial charge in [0.2, 0.25) is 0 Å². The molecular formula is C21H23FN4O3. The topological polar surface area (TPSA) is 78.7 Å². The zero-order valence-electron chi connectivity index (χ0n) is 16.0. The van der Waals surface area contributed by atoms with Gasteiger partial charge in [-0.3, -0.25) is 14.9 Å². The molecule has 0 aromatic heterocycles. The molecule has 0 saturated carbocycles. The second-order valence-electron chi connectivity index (χ2n) is 7.43. The Morgan fingerprint density at radius 2 is 1.93 bits per heavy atom. The van der Waals surface area contributed by atoms with Crippen molar-refractivity contribution in [1.29, 1.82) is 0 Å². The maximum absolute atomic E-state index is 13.7. The molecular weight excluding hydrogens is 375 g/mol. The second kappa shape index (κ2) is 8.16. The van der Waals surface area contributed by atoms with Crippen LogP contribution in [0.5, 0.6) is 0 Å². The number of piperazine rings is 1. The van der Waals surface area contributed by atoms with Crippen LogP contribution in [0, 0.1) is 15.9 Å². The van der Waals surface area contributed by atoms with E-state index in [0.29, 0.717) is 30.9 Å². The molecule has 4 rings (SSSR count). The summed E-state index contributed by atoms with van der Waals surface area (Å²) in [6.45, 7) is 3.14. The molecule has 1 unspecified atom stereocenters. The summed E-state index contributed by atoms with van der Waals surface area (Å²) in [4.78, 5) is 28.1. The lowest BCUT2D eigenvalue weighted by Crippen LogP contribution is -2.48. The molecule has 2 aliphatic rings. The maximum atomic E-state index is 13.7. The van der Waals surface area contributed by atoms with Gasteiger partial charge in [0.1, 0.15) is 11.5 Å². The third-order valence-electron chi connectivity index (χ3n) is 5.60. The first kappa shape index (κ1) is 19.3. The van der Waals surface area contributed by atoms with Crippen molar-refractivity contribution in [3.8, 4) is 0 Å². The first-order valence-electron chi connectivity index (χ1n) is 9.85. The van der Waals surface area contributed by atoms with Crippen LogP contribution in [0.1, 0.15) is 34.8 Å². The number of nitro benzene ring substituents is 1. The van der Waals surface area contributed by atoms with Crippen LogP contribution >= 0.6 is 0 Å². The zero-order valence-corrected chi connectivity index (χ0v) is 16.0. The van der Waals surface area contributed by atoms with Crippen molar-refractivity contribution < 1.29 is 14.1 Å². The number of nitrogens with one attached hydrogen (secondary N) is 1. The lowest BCUT2D eigenvalue weighted by atomic mass is 10.0. The Labute approximate surface area is 168 Å². The fourth-order valence-corrected chi connectivity index (χ4v) is 4.15. The number of nitrogens with zero attached hydrogens (tertiary/aromatic N) is 3. The molecule has 1 amide bonds. The second-order valence-corrected chi connectivity index (χ2v) is 7.43. The van der Waals surface area contributed by atoms with Gasteiger partial charge in [0, 0.05) is 44.4 Å². The van der Waals surface area contributed by atoms with Gasteiger partial charge in [-0.15, -0.1) is 0 Å². The molecule has 152 valence electrons. The molecule has 2 fully saturated rings. The monoisotopic (exact) mass is 398 g/mol. The highest BCUT2D eigenvalue weighted by Gasteiger charge is 2.31. The van der Waals surface area contributed by atoms with Crippen LogP contribution in [0.2, 0.25) is 0 Å². The van der Waals surface area contributed by atoms with Crippen molar-refractivity contribution in [2.45, 2.75) is 18.9 Å². The Hall–Kier alpha value is -3.00. The summed E-state index contributed by atoms with van der Waals surface area (Å²) in [5, 5.41) is 14.9. The molecule has 7 nitrogen and oxygen atoms in total. The minimum Gasteiger partial charge on any atom is -0.366 e. The van der Waals surface area contributed by atoms with E-state index in [2.05, 4.69) is 5.32 Å². The molecule has 2 heterocycles. The van der Waals surface area contributed by atoms with E-state index in [1.54, 1.807) is 29.2 Å². The smallest absolute Gasteiger partial charge is 0.293 e. The van der Waals surface area contributed by atoms with Crippen molar-refractivity contribution in [2.24, 2.45) is 0 Å². The summed E-state index contributed by atoms with van der Waals surface area (Å²) >= 11 is 0. The van der Waals surface area contributed by atoms with E-state index < -0.39 is 4.92 Å². The molecule has 0 bridgehead atoms. The van der Waals surface area contributed by atoms with E-state index in [4.69, 9.17) is 0 Å². The van der Waals surface area contributed by atoms with E-state index in [9.17, 15) is 19.3 Å². The predicted molar refractivity (Wildman–Crippen MR) is 108 cm³/mol. The number of carbonyl (C=O) groups is 1. The van der Waals surface area contributed by atoms with Crippen molar-refractivity contribution in [3.05, 3.63) is 69.5 Å². The highest BCUT2D eigenvalue weighted by molar-refractivity contribution is 5.96. The average Bonchev–Trinajstić information content (AvgIpc) is 3.27. The fourth-order valence-electron chi connectivity index (χ4n) is 4.15. The van der Waals surface area contributed by atoms with E-state index in [0.717, 1.165) is 25.9 Å². The Balaban J connectivity index is 1.65. The molecule has 2 aromatic rings. The zero-order chi connectivity index (χ0) is 20.4. The normalized spacial score (nSPS) is 19.4. The van der Waals surface area contributed by atoms with Gasteiger partial charge in [0.05, 0.1) is 11.0 Å². The van der Waals surface area contributed by atoms with Crippen LogP contribution in [0.15, 0.2) is 42.5 Å². The quantitative estimate of drug-likeness (QED) is 0.632. The number of nitro groups is 1. The number of hydrogen-bond acceptors (Lipinski definition) is 5. The largest absolute Gasteiger partial charge is 0.366 e. The number of amides is 1. The highest BCUT2D eigenvalue weighted by Crippen LogP contribution is 2.33. The van der Waals surface area contributed by atoms with E-state index in [-0.39, 0.29) is 29.0 Å². The summed E-state index contributed by atoms with van der Waals surface area (Å²) in [5.41, 5.74) is 1.50. The number of halogens is 1. The van der Waals surface area contributed by atoms with Gasteiger partial charge in [-0.25, -0.2) is 4.39 Å². The number of benzene rings is 2. The SMILES string of the molecule is O=C(c1ccc(N2CCCC2)c([N+](=O)[O-])c1)N1CCNCC1c1cccc(F)c1. The van der Waals surface area contributed by atoms with E-state index in [1.807, 2.05) is 4.90 Å². The summed E-state index contributed by atoms with van der Waals surface area (Å²) < 4.78 is 13.7. The number of hydrogen-bond donors (Lipinski definition) is 1. The average molecular weight is 398 g/mol. The molecule has 0 radical (unpaired) electrons. The number of anilines is 1. The Morgan fingerprint density at radius 3 is 2.66 bits per heavy atom. The Morgan fingerprint density at radius 1 is 1.14 bits per heavy atom. The van der Waals surface area contributed by atoms with Crippen LogP contribution < -0.4 is 10.2 Å². The van der Waals surface area contributed by atoms with Gasteiger partial charge >= 0.3 is 0 Å². The van der Waals surface area contributed by atoms with Gasteiger partial charge in [0.25, 0.3) is 11.6 Å². The lowest BCUT2D eigenvalue weighted by Gasteiger charge is -2.36. The molecule has 2 aromatic carbocycles. The molecule has 2 saturated heterocycles. The van der Waals surface area contributed by atoms with Crippen LogP contribution in [0.25, 0.3) is 0 Å². The molecule has 0 aliphatic carbocycles. The molecule has 8 heteroatoms. The van der Waals surface area contributed by atoms with Gasteiger partial charge in [-0.2, -0.15) is 0 Å². The van der Waals surface area contributed by atoms with Gasteiger partial charge in [-0.1, -0.05) is 12.1 Å². The Kier molecular flexibility index (Phi) is 5.44. The van der Waals surface area contributed by atoms with Crippen LogP contribution in [-0.2, 0) is 0 Å². The van der Waals surface area contributed by atoms with E-state index >= 15 is 0 Å². The molecule has 29 heavy (non-hydrogen) atoms. The Bertz CT molecular complexity index is 930. The van der Waals surface area contributed by atoms with Gasteiger partial charge in [-0.05, 0) is 42.7 Å². The van der Waals surface area contributed by atoms with Crippen molar-refractivity contribution in [2.75, 3.05) is 37.6 Å². The minimum absolute atomic E-state index is 0.0461. The first-order valence-corrected chi connectivity index (χ1v) is 9.85. The predicted octanol–water partition coefficient (Wildman–Crippen LogP) is 3.12. The van der Waals surface area contributed by atoms with Gasteiger partial charge in [0.15, 0.2) is 0 Å². The minimum atomic E-state index is -0.424. The van der Waals surface area contributed by atoms with Crippen LogP contribution in [0.3, 0.4) is 0 Å². The highest BCUT2D eigenvalue weighted by atomic mass is 19.1. The third kappa shape index (κ3) is 3.93. The van der Waals surface area contributed by atoms with Crippen LogP contribution in [0.4, 0.5) is 15.8 Å². The van der Waals surface area contributed by atoms with Crippen LogP contribution in [-0.4, -0.2) is 48.5 Å². The maximum Gasteiger partial charge on any atom is 0.293 e. The lowest BCUT2D eigenvalue weighted by molar-refractivity contribution is -0.384. The molecule has 1 N–H and O–H groups in total. The van der Waals surface area contributed by atoms with E-state index in [1.165, 1.54) is 18.2 Å². The number of rotatable bonds is 4. The summed E-state index contributed by atoms with van der Waals surface area (Å²) in [6.07, 6.45) is 2.02. The standard InChI is InChI=1S/C21H23FN4O3/c22-17-5-3-4-15(12-17)20-14-23-8-11-25(20)21(27)16-6-7-18(19(13-16)26(28)29)24-9-1-2-10-24/h3-7,12-13,20,23H,1-2,8-11,14H2. The third-order valence-corrected chi connectivity index (χ3v) is 5.60. The molecule has 0 spiro atoms. The first-order chi connectivity index (χ1) is 14.0. The summed E-state index contributed by atoms with van der Waals surface area (Å²) in [6, 6.07) is 10.6. The van der Waals surface area contributed by atoms with Crippen molar-refractivity contribution in [3.63, 3.8) is 0 Å². The van der Waals surface area contributed by atoms with Crippen molar-refractivity contribution >= 4 is 17.3 Å². The molecule has 2 aliphatic heterocycles. The summed E-state index contributed by atoms with van der Waals surface area (Å²) in [5.74, 6) is -0.636. The fraction of sp³-hybridized carbons (Fsp3) is 0.381. The molecule has 1 atom stereocenters. The van der Waals surface area contributed by atoms with Gasteiger partial charge < -0.3 is 15.1 Å². The number of carbonyl (C=O) groups excluding carboxylic acids is 1. The van der Waals surface area contributed by atoms with Crippen molar-refractivity contribution in [1.82, 2.24) is 10.2 Å².